The molecule has 1 heterocycles. The quantitative estimate of drug-likeness (QED) is 0.255. The van der Waals surface area contributed by atoms with Gasteiger partial charge in [0.1, 0.15) is 11.2 Å². The van der Waals surface area contributed by atoms with Gasteiger partial charge in [-0.3, -0.25) is 14.4 Å². The maximum atomic E-state index is 12.5. The summed E-state index contributed by atoms with van der Waals surface area (Å²) in [6, 6.07) is 6.81. The van der Waals surface area contributed by atoms with Crippen molar-refractivity contribution >= 4 is 17.8 Å². The zero-order valence-corrected chi connectivity index (χ0v) is 13.8. The van der Waals surface area contributed by atoms with E-state index in [-0.39, 0.29) is 19.4 Å². The third-order valence-corrected chi connectivity index (χ3v) is 4.30. The van der Waals surface area contributed by atoms with Gasteiger partial charge in [-0.1, -0.05) is 12.1 Å². The molecule has 132 valence electrons. The molecule has 1 fully saturated rings. The fourth-order valence-corrected chi connectivity index (χ4v) is 2.96. The van der Waals surface area contributed by atoms with Gasteiger partial charge < -0.3 is 14.2 Å². The van der Waals surface area contributed by atoms with Crippen LogP contribution < -0.4 is 4.74 Å². The molecule has 0 bridgehead atoms. The zero-order chi connectivity index (χ0) is 18.4. The van der Waals surface area contributed by atoms with Gasteiger partial charge in [0, 0.05) is 17.3 Å². The molecule has 0 aromatic heterocycles. The molecule has 9 heteroatoms. The SMILES string of the molecule is COC(=O)CC[C@@]1(C(=O)N=[N+]=[N-])C(=O)OC[C@@H]1c1cccc(OC)c1. The van der Waals surface area contributed by atoms with Crippen LogP contribution in [0.4, 0.5) is 0 Å². The predicted octanol–water partition coefficient (Wildman–Crippen LogP) is 2.11. The van der Waals surface area contributed by atoms with Gasteiger partial charge in [-0.2, -0.15) is 0 Å². The smallest absolute Gasteiger partial charge is 0.320 e. The highest BCUT2D eigenvalue weighted by Crippen LogP contribution is 2.47. The van der Waals surface area contributed by atoms with Crippen LogP contribution in [-0.2, 0) is 23.9 Å². The molecule has 9 nitrogen and oxygen atoms in total. The Balaban J connectivity index is 2.50. The van der Waals surface area contributed by atoms with Gasteiger partial charge in [0.25, 0.3) is 0 Å². The number of amides is 1. The number of rotatable bonds is 6. The van der Waals surface area contributed by atoms with Gasteiger partial charge in [0.15, 0.2) is 0 Å². The Labute approximate surface area is 143 Å². The lowest BCUT2D eigenvalue weighted by Gasteiger charge is -2.28. The molecule has 25 heavy (non-hydrogen) atoms. The van der Waals surface area contributed by atoms with Crippen LogP contribution in [-0.4, -0.2) is 38.7 Å². The second kappa shape index (κ2) is 7.67. The third-order valence-electron chi connectivity index (χ3n) is 4.30. The van der Waals surface area contributed by atoms with Gasteiger partial charge in [0.05, 0.1) is 20.8 Å². The number of hydrogen-bond donors (Lipinski definition) is 0. The van der Waals surface area contributed by atoms with E-state index in [0.29, 0.717) is 11.3 Å². The van der Waals surface area contributed by atoms with Crippen molar-refractivity contribution in [3.8, 4) is 5.75 Å². The Morgan fingerprint density at radius 2 is 2.20 bits per heavy atom. The van der Waals surface area contributed by atoms with Crippen molar-refractivity contribution in [1.29, 1.82) is 0 Å². The van der Waals surface area contributed by atoms with Crippen LogP contribution in [0.2, 0.25) is 0 Å². The highest BCUT2D eigenvalue weighted by Gasteiger charge is 2.58. The number of methoxy groups -OCH3 is 2. The summed E-state index contributed by atoms with van der Waals surface area (Å²) in [5.41, 5.74) is 7.47. The molecule has 0 unspecified atom stereocenters. The summed E-state index contributed by atoms with van der Waals surface area (Å²) in [7, 11) is 2.70. The van der Waals surface area contributed by atoms with E-state index < -0.39 is 29.2 Å². The highest BCUT2D eigenvalue weighted by molar-refractivity contribution is 6.05. The van der Waals surface area contributed by atoms with Gasteiger partial charge in [-0.15, -0.1) is 0 Å². The second-order valence-electron chi connectivity index (χ2n) is 5.47. The van der Waals surface area contributed by atoms with Crippen LogP contribution in [0.3, 0.4) is 0 Å². The van der Waals surface area contributed by atoms with Crippen LogP contribution in [0.15, 0.2) is 29.4 Å². The zero-order valence-electron chi connectivity index (χ0n) is 13.8. The maximum absolute atomic E-state index is 12.5. The van der Waals surface area contributed by atoms with Gasteiger partial charge >= 0.3 is 11.9 Å². The first-order valence-corrected chi connectivity index (χ1v) is 7.47. The topological polar surface area (TPSA) is 128 Å². The highest BCUT2D eigenvalue weighted by atomic mass is 16.5. The van der Waals surface area contributed by atoms with Crippen molar-refractivity contribution in [1.82, 2.24) is 0 Å². The number of azide groups is 1. The Morgan fingerprint density at radius 1 is 1.44 bits per heavy atom. The van der Waals surface area contributed by atoms with Gasteiger partial charge in [-0.05, 0) is 34.8 Å². The first-order valence-electron chi connectivity index (χ1n) is 7.47. The molecule has 1 saturated heterocycles. The van der Waals surface area contributed by atoms with Gasteiger partial charge in [-0.25, -0.2) is 0 Å². The second-order valence-corrected chi connectivity index (χ2v) is 5.47. The fraction of sp³-hybridized carbons (Fsp3) is 0.438. The minimum Gasteiger partial charge on any atom is -0.497 e. The third kappa shape index (κ3) is 3.41. The molecule has 2 rings (SSSR count). The summed E-state index contributed by atoms with van der Waals surface area (Å²) in [4.78, 5) is 39.0. The maximum Gasteiger partial charge on any atom is 0.320 e. The van der Waals surface area contributed by atoms with Crippen LogP contribution in [0.25, 0.3) is 10.4 Å². The van der Waals surface area contributed by atoms with E-state index in [1.807, 2.05) is 0 Å². The first-order chi connectivity index (χ1) is 12.0. The van der Waals surface area contributed by atoms with E-state index in [0.717, 1.165) is 0 Å². The van der Waals surface area contributed by atoms with E-state index >= 15 is 0 Å². The van der Waals surface area contributed by atoms with Crippen molar-refractivity contribution in [2.45, 2.75) is 18.8 Å². The molecule has 1 aromatic rings. The number of ether oxygens (including phenoxy) is 3. The lowest BCUT2D eigenvalue weighted by atomic mass is 9.70. The molecule has 0 radical (unpaired) electrons. The molecule has 0 N–H and O–H groups in total. The van der Waals surface area contributed by atoms with Crippen LogP contribution in [0, 0.1) is 5.41 Å². The lowest BCUT2D eigenvalue weighted by molar-refractivity contribution is -0.152. The number of hydrogen-bond acceptors (Lipinski definition) is 6. The van der Waals surface area contributed by atoms with E-state index in [9.17, 15) is 14.4 Å². The molecule has 1 aliphatic rings. The van der Waals surface area contributed by atoms with Crippen LogP contribution in [0.5, 0.6) is 5.75 Å². The average molecular weight is 347 g/mol. The summed E-state index contributed by atoms with van der Waals surface area (Å²) < 4.78 is 14.9. The number of cyclic esters (lactones) is 1. The van der Waals surface area contributed by atoms with Crippen molar-refractivity contribution in [3.05, 3.63) is 40.3 Å². The van der Waals surface area contributed by atoms with E-state index in [2.05, 4.69) is 14.8 Å². The summed E-state index contributed by atoms with van der Waals surface area (Å²) in [5.74, 6) is -2.55. The van der Waals surface area contributed by atoms with Crippen molar-refractivity contribution in [2.24, 2.45) is 10.5 Å². The molecule has 1 aliphatic heterocycles. The fourth-order valence-electron chi connectivity index (χ4n) is 2.96. The number of carbonyl (C=O) groups excluding carboxylic acids is 3. The first kappa shape index (κ1) is 18.3. The Kier molecular flexibility index (Phi) is 5.61. The van der Waals surface area contributed by atoms with E-state index in [1.54, 1.807) is 24.3 Å². The predicted molar refractivity (Wildman–Crippen MR) is 84.5 cm³/mol. The lowest BCUT2D eigenvalue weighted by Crippen LogP contribution is -2.40. The van der Waals surface area contributed by atoms with Crippen molar-refractivity contribution in [2.75, 3.05) is 20.8 Å². The molecule has 1 amide bonds. The van der Waals surface area contributed by atoms with Crippen molar-refractivity contribution < 1.29 is 28.6 Å². The van der Waals surface area contributed by atoms with Crippen molar-refractivity contribution in [3.63, 3.8) is 0 Å². The summed E-state index contributed by atoms with van der Waals surface area (Å²) in [5, 5.41) is 3.11. The summed E-state index contributed by atoms with van der Waals surface area (Å²) in [6.45, 7) is -0.0696. The number of nitrogens with zero attached hydrogens (tertiary/aromatic N) is 3. The molecule has 0 spiro atoms. The monoisotopic (exact) mass is 347 g/mol. The Morgan fingerprint density at radius 3 is 2.84 bits per heavy atom. The standard InChI is InChI=1S/C16H17N3O6/c1-23-11-5-3-4-10(8-11)12-9-25-15(22)16(12,14(21)18-19-17)7-6-13(20)24-2/h3-5,8,12H,6-7,9H2,1-2H3/t12-,16-/m1/s1. The molecular weight excluding hydrogens is 330 g/mol. The Bertz CT molecular complexity index is 743. The molecule has 2 atom stereocenters. The minimum absolute atomic E-state index is 0.0696. The summed E-state index contributed by atoms with van der Waals surface area (Å²) >= 11 is 0. The van der Waals surface area contributed by atoms with Crippen LogP contribution >= 0.6 is 0 Å². The Hall–Kier alpha value is -3.06. The van der Waals surface area contributed by atoms with Gasteiger partial charge in [0.2, 0.25) is 5.91 Å². The molecule has 0 aliphatic carbocycles. The van der Waals surface area contributed by atoms with E-state index in [4.69, 9.17) is 15.0 Å². The number of benzene rings is 1. The molecule has 1 aromatic carbocycles. The number of esters is 2. The largest absolute Gasteiger partial charge is 0.497 e. The molecule has 0 saturated carbocycles. The summed E-state index contributed by atoms with van der Waals surface area (Å²) in [6.07, 6.45) is -0.378. The van der Waals surface area contributed by atoms with Crippen LogP contribution in [0.1, 0.15) is 24.3 Å². The average Bonchev–Trinajstić information content (AvgIpc) is 2.97. The number of carbonyl (C=O) groups is 3. The molecular formula is C16H17N3O6. The van der Waals surface area contributed by atoms with E-state index in [1.165, 1.54) is 14.2 Å². The minimum atomic E-state index is -1.77. The normalized spacial score (nSPS) is 21.8.